The summed E-state index contributed by atoms with van der Waals surface area (Å²) in [6, 6.07) is 2.34. The van der Waals surface area contributed by atoms with E-state index in [-0.39, 0.29) is 12.2 Å². The van der Waals surface area contributed by atoms with Crippen LogP contribution in [-0.4, -0.2) is 27.8 Å². The summed E-state index contributed by atoms with van der Waals surface area (Å²) in [5, 5.41) is 17.2. The van der Waals surface area contributed by atoms with E-state index in [9.17, 15) is 4.79 Å². The number of nitrogens with two attached hydrogens (primary N) is 1. The molecule has 0 fully saturated rings. The Balaban J connectivity index is 2.87. The maximum atomic E-state index is 10.4. The Labute approximate surface area is 74.8 Å². The average molecular weight is 182 g/mol. The minimum Gasteiger partial charge on any atom is -0.478 e. The molecule has 0 aliphatic rings. The first-order valence-corrected chi connectivity index (χ1v) is 3.71. The van der Waals surface area contributed by atoms with Crippen LogP contribution >= 0.6 is 0 Å². The largest absolute Gasteiger partial charge is 0.478 e. The van der Waals surface area contributed by atoms with Gasteiger partial charge in [-0.3, -0.25) is 4.98 Å². The van der Waals surface area contributed by atoms with Gasteiger partial charge in [-0.25, -0.2) is 4.79 Å². The van der Waals surface area contributed by atoms with Gasteiger partial charge in [0.15, 0.2) is 0 Å². The normalized spacial score (nSPS) is 12.5. The second-order valence-corrected chi connectivity index (χ2v) is 2.57. The van der Waals surface area contributed by atoms with Gasteiger partial charge in [-0.15, -0.1) is 0 Å². The number of nitrogens with zero attached hydrogens (tertiary/aromatic N) is 1. The van der Waals surface area contributed by atoms with Crippen molar-refractivity contribution in [1.82, 2.24) is 4.98 Å². The van der Waals surface area contributed by atoms with Crippen molar-refractivity contribution in [3.8, 4) is 0 Å². The van der Waals surface area contributed by atoms with Crippen LogP contribution in [0.5, 0.6) is 0 Å². The van der Waals surface area contributed by atoms with Gasteiger partial charge < -0.3 is 15.9 Å². The number of aromatic nitrogens is 1. The Hall–Kier alpha value is -1.46. The van der Waals surface area contributed by atoms with Crippen molar-refractivity contribution in [2.75, 3.05) is 6.61 Å². The molecule has 0 saturated carbocycles. The summed E-state index contributed by atoms with van der Waals surface area (Å²) < 4.78 is 0. The molecule has 0 bridgehead atoms. The SMILES string of the molecule is N[C@H](CO)c1ccc(C(=O)O)cn1. The topological polar surface area (TPSA) is 96.4 Å². The van der Waals surface area contributed by atoms with E-state index in [1.807, 2.05) is 0 Å². The molecule has 0 unspecified atom stereocenters. The molecule has 13 heavy (non-hydrogen) atoms. The van der Waals surface area contributed by atoms with Crippen molar-refractivity contribution >= 4 is 5.97 Å². The number of aliphatic hydroxyl groups is 1. The first kappa shape index (κ1) is 9.63. The minimum absolute atomic E-state index is 0.105. The minimum atomic E-state index is -1.03. The third kappa shape index (κ3) is 2.24. The monoisotopic (exact) mass is 182 g/mol. The van der Waals surface area contributed by atoms with Crippen molar-refractivity contribution in [1.29, 1.82) is 0 Å². The van der Waals surface area contributed by atoms with E-state index in [2.05, 4.69) is 4.98 Å². The van der Waals surface area contributed by atoms with Crippen LogP contribution in [0.2, 0.25) is 0 Å². The molecule has 5 nitrogen and oxygen atoms in total. The number of hydrogen-bond acceptors (Lipinski definition) is 4. The van der Waals surface area contributed by atoms with Crippen molar-refractivity contribution in [3.63, 3.8) is 0 Å². The van der Waals surface area contributed by atoms with Crippen molar-refractivity contribution in [3.05, 3.63) is 29.6 Å². The van der Waals surface area contributed by atoms with Gasteiger partial charge in [-0.1, -0.05) is 0 Å². The molecule has 5 heteroatoms. The molecule has 0 spiro atoms. The molecule has 0 saturated heterocycles. The van der Waals surface area contributed by atoms with Gasteiger partial charge in [-0.2, -0.15) is 0 Å². The second kappa shape index (κ2) is 3.97. The summed E-state index contributed by atoms with van der Waals surface area (Å²) in [7, 11) is 0. The second-order valence-electron chi connectivity index (χ2n) is 2.57. The lowest BCUT2D eigenvalue weighted by atomic mass is 10.2. The molecule has 1 aromatic heterocycles. The van der Waals surface area contributed by atoms with Gasteiger partial charge in [0, 0.05) is 6.20 Å². The molecule has 1 rings (SSSR count). The molecule has 0 aromatic carbocycles. The highest BCUT2D eigenvalue weighted by atomic mass is 16.4. The van der Waals surface area contributed by atoms with Crippen LogP contribution in [0.25, 0.3) is 0 Å². The third-order valence-corrected chi connectivity index (χ3v) is 1.61. The van der Waals surface area contributed by atoms with E-state index in [1.165, 1.54) is 18.3 Å². The van der Waals surface area contributed by atoms with Gasteiger partial charge >= 0.3 is 5.97 Å². The molecule has 1 atom stereocenters. The number of carboxylic acid groups (broad SMARTS) is 1. The molecular weight excluding hydrogens is 172 g/mol. The van der Waals surface area contributed by atoms with E-state index in [4.69, 9.17) is 15.9 Å². The van der Waals surface area contributed by atoms with Gasteiger partial charge in [0.2, 0.25) is 0 Å². The maximum Gasteiger partial charge on any atom is 0.337 e. The van der Waals surface area contributed by atoms with Crippen molar-refractivity contribution in [2.24, 2.45) is 5.73 Å². The average Bonchev–Trinajstić information content (AvgIpc) is 2.17. The summed E-state index contributed by atoms with van der Waals surface area (Å²) in [4.78, 5) is 14.2. The standard InChI is InChI=1S/C8H10N2O3/c9-6(4-11)7-2-1-5(3-10-7)8(12)13/h1-3,6,11H,4,9H2,(H,12,13)/t6-/m1/s1. The lowest BCUT2D eigenvalue weighted by molar-refractivity contribution is 0.0696. The highest BCUT2D eigenvalue weighted by Crippen LogP contribution is 2.06. The van der Waals surface area contributed by atoms with E-state index in [0.29, 0.717) is 5.69 Å². The number of rotatable bonds is 3. The molecule has 0 radical (unpaired) electrons. The van der Waals surface area contributed by atoms with Crippen LogP contribution in [0.4, 0.5) is 0 Å². The summed E-state index contributed by atoms with van der Waals surface area (Å²) in [6.07, 6.45) is 1.22. The zero-order chi connectivity index (χ0) is 9.84. The number of hydrogen-bond donors (Lipinski definition) is 3. The fourth-order valence-electron chi connectivity index (χ4n) is 0.845. The third-order valence-electron chi connectivity index (χ3n) is 1.61. The van der Waals surface area contributed by atoms with E-state index < -0.39 is 12.0 Å². The van der Waals surface area contributed by atoms with Crippen LogP contribution in [0, 0.1) is 0 Å². The predicted molar refractivity (Wildman–Crippen MR) is 45.2 cm³/mol. The Morgan fingerprint density at radius 2 is 2.31 bits per heavy atom. The molecule has 0 aliphatic carbocycles. The fraction of sp³-hybridized carbons (Fsp3) is 0.250. The predicted octanol–water partition coefficient (Wildman–Crippen LogP) is -0.228. The van der Waals surface area contributed by atoms with E-state index >= 15 is 0 Å². The molecule has 4 N–H and O–H groups in total. The Kier molecular flexibility index (Phi) is 2.94. The van der Waals surface area contributed by atoms with Gasteiger partial charge in [-0.05, 0) is 12.1 Å². The summed E-state index contributed by atoms with van der Waals surface area (Å²) in [6.45, 7) is -0.209. The Bertz CT molecular complexity index is 297. The number of pyridine rings is 1. The van der Waals surface area contributed by atoms with Crippen LogP contribution < -0.4 is 5.73 Å². The Morgan fingerprint density at radius 1 is 1.62 bits per heavy atom. The number of aliphatic hydroxyl groups excluding tert-OH is 1. The van der Waals surface area contributed by atoms with Crippen molar-refractivity contribution < 1.29 is 15.0 Å². The maximum absolute atomic E-state index is 10.4. The highest BCUT2D eigenvalue weighted by molar-refractivity contribution is 5.87. The van der Waals surface area contributed by atoms with Crippen LogP contribution in [-0.2, 0) is 0 Å². The number of carbonyl (C=O) groups is 1. The molecule has 1 heterocycles. The van der Waals surface area contributed by atoms with Gasteiger partial charge in [0.05, 0.1) is 23.9 Å². The van der Waals surface area contributed by atoms with Gasteiger partial charge in [0.25, 0.3) is 0 Å². The number of aromatic carboxylic acids is 1. The highest BCUT2D eigenvalue weighted by Gasteiger charge is 2.07. The number of carboxylic acids is 1. The molecule has 0 amide bonds. The Morgan fingerprint density at radius 3 is 2.69 bits per heavy atom. The van der Waals surface area contributed by atoms with Gasteiger partial charge in [0.1, 0.15) is 0 Å². The first-order chi connectivity index (χ1) is 6.15. The summed E-state index contributed by atoms with van der Waals surface area (Å²) >= 11 is 0. The molecular formula is C8H10N2O3. The lowest BCUT2D eigenvalue weighted by Gasteiger charge is -2.06. The summed E-state index contributed by atoms with van der Waals surface area (Å²) in [5.74, 6) is -1.03. The fourth-order valence-corrected chi connectivity index (χ4v) is 0.845. The van der Waals surface area contributed by atoms with Crippen LogP contribution in [0.1, 0.15) is 22.1 Å². The first-order valence-electron chi connectivity index (χ1n) is 3.71. The zero-order valence-corrected chi connectivity index (χ0v) is 6.84. The molecule has 70 valence electrons. The molecule has 0 aliphatic heterocycles. The quantitative estimate of drug-likeness (QED) is 0.600. The zero-order valence-electron chi connectivity index (χ0n) is 6.84. The van der Waals surface area contributed by atoms with Crippen LogP contribution in [0.3, 0.4) is 0 Å². The van der Waals surface area contributed by atoms with E-state index in [1.54, 1.807) is 0 Å². The smallest absolute Gasteiger partial charge is 0.337 e. The lowest BCUT2D eigenvalue weighted by Crippen LogP contribution is -2.16. The van der Waals surface area contributed by atoms with E-state index in [0.717, 1.165) is 0 Å². The molecule has 1 aromatic rings. The van der Waals surface area contributed by atoms with Crippen LogP contribution in [0.15, 0.2) is 18.3 Å². The van der Waals surface area contributed by atoms with Crippen molar-refractivity contribution in [2.45, 2.75) is 6.04 Å². The summed E-state index contributed by atoms with van der Waals surface area (Å²) in [5.41, 5.74) is 6.05.